The maximum atomic E-state index is 11.7. The van der Waals surface area contributed by atoms with Crippen LogP contribution < -0.4 is 11.1 Å². The van der Waals surface area contributed by atoms with E-state index in [9.17, 15) is 4.79 Å². The lowest BCUT2D eigenvalue weighted by Gasteiger charge is -2.00. The zero-order valence-electron chi connectivity index (χ0n) is 9.45. The summed E-state index contributed by atoms with van der Waals surface area (Å²) in [5.74, 6) is 0.514. The number of nitrogens with one attached hydrogen (secondary N) is 3. The average Bonchev–Trinajstić information content (AvgIpc) is 2.94. The van der Waals surface area contributed by atoms with Crippen LogP contribution in [0.15, 0.2) is 12.1 Å². The zero-order chi connectivity index (χ0) is 12.3. The van der Waals surface area contributed by atoms with E-state index in [4.69, 9.17) is 5.73 Å². The Morgan fingerprint density at radius 2 is 2.35 bits per heavy atom. The largest absolute Gasteiger partial charge is 0.367 e. The molecule has 90 valence electrons. The minimum atomic E-state index is -0.181. The van der Waals surface area contributed by atoms with Crippen molar-refractivity contribution in [2.75, 3.05) is 5.73 Å². The molecule has 0 spiro atoms. The lowest BCUT2D eigenvalue weighted by molar-refractivity contribution is 0.0945. The SMILES string of the molecule is CCc1ccc(C(=O)NCc2nc(N)n[nH]2)[nH]1. The van der Waals surface area contributed by atoms with Crippen molar-refractivity contribution < 1.29 is 4.79 Å². The molecule has 7 nitrogen and oxygen atoms in total. The number of nitrogens with zero attached hydrogens (tertiary/aromatic N) is 2. The summed E-state index contributed by atoms with van der Waals surface area (Å²) in [5.41, 5.74) is 6.91. The smallest absolute Gasteiger partial charge is 0.268 e. The Kier molecular flexibility index (Phi) is 3.08. The van der Waals surface area contributed by atoms with Gasteiger partial charge in [-0.1, -0.05) is 6.92 Å². The van der Waals surface area contributed by atoms with E-state index in [0.29, 0.717) is 11.5 Å². The van der Waals surface area contributed by atoms with E-state index in [0.717, 1.165) is 12.1 Å². The highest BCUT2D eigenvalue weighted by Gasteiger charge is 2.08. The number of hydrogen-bond donors (Lipinski definition) is 4. The molecule has 1 amide bonds. The zero-order valence-corrected chi connectivity index (χ0v) is 9.45. The fraction of sp³-hybridized carbons (Fsp3) is 0.300. The Balaban J connectivity index is 1.93. The Hall–Kier alpha value is -2.31. The highest BCUT2D eigenvalue weighted by atomic mass is 16.1. The van der Waals surface area contributed by atoms with Crippen molar-refractivity contribution in [1.29, 1.82) is 0 Å². The Labute approximate surface area is 97.8 Å². The third-order valence-electron chi connectivity index (χ3n) is 2.34. The van der Waals surface area contributed by atoms with Gasteiger partial charge in [-0.15, -0.1) is 5.10 Å². The van der Waals surface area contributed by atoms with Gasteiger partial charge in [0.1, 0.15) is 11.5 Å². The summed E-state index contributed by atoms with van der Waals surface area (Å²) in [6, 6.07) is 3.64. The van der Waals surface area contributed by atoms with Gasteiger partial charge in [0.25, 0.3) is 5.91 Å². The summed E-state index contributed by atoms with van der Waals surface area (Å²) in [6.07, 6.45) is 0.867. The lowest BCUT2D eigenvalue weighted by atomic mass is 10.3. The summed E-state index contributed by atoms with van der Waals surface area (Å²) < 4.78 is 0. The van der Waals surface area contributed by atoms with Gasteiger partial charge in [-0.05, 0) is 18.6 Å². The Morgan fingerprint density at radius 3 is 2.94 bits per heavy atom. The first-order valence-electron chi connectivity index (χ1n) is 5.32. The van der Waals surface area contributed by atoms with Crippen LogP contribution in [0.2, 0.25) is 0 Å². The van der Waals surface area contributed by atoms with E-state index in [-0.39, 0.29) is 18.4 Å². The maximum absolute atomic E-state index is 11.7. The molecule has 0 saturated heterocycles. The summed E-state index contributed by atoms with van der Waals surface area (Å²) in [5, 5.41) is 8.99. The van der Waals surface area contributed by atoms with Gasteiger partial charge < -0.3 is 16.0 Å². The minimum absolute atomic E-state index is 0.169. The molecule has 5 N–H and O–H groups in total. The fourth-order valence-electron chi connectivity index (χ4n) is 1.43. The van der Waals surface area contributed by atoms with E-state index >= 15 is 0 Å². The lowest BCUT2D eigenvalue weighted by Crippen LogP contribution is -2.23. The molecular weight excluding hydrogens is 220 g/mol. The number of rotatable bonds is 4. The molecule has 17 heavy (non-hydrogen) atoms. The predicted molar refractivity (Wildman–Crippen MR) is 62.1 cm³/mol. The van der Waals surface area contributed by atoms with Crippen LogP contribution in [0.5, 0.6) is 0 Å². The molecule has 0 aliphatic carbocycles. The third kappa shape index (κ3) is 2.63. The molecule has 2 heterocycles. The van der Waals surface area contributed by atoms with Gasteiger partial charge in [-0.25, -0.2) is 0 Å². The molecule has 0 bridgehead atoms. The number of amides is 1. The Bertz CT molecular complexity index is 514. The molecule has 2 aromatic heterocycles. The van der Waals surface area contributed by atoms with Gasteiger partial charge >= 0.3 is 0 Å². The number of carbonyl (C=O) groups is 1. The highest BCUT2D eigenvalue weighted by molar-refractivity contribution is 5.92. The van der Waals surface area contributed by atoms with Gasteiger partial charge in [-0.3, -0.25) is 9.89 Å². The number of nitrogens with two attached hydrogens (primary N) is 1. The molecule has 2 aromatic rings. The molecule has 0 radical (unpaired) electrons. The first-order valence-corrected chi connectivity index (χ1v) is 5.32. The van der Waals surface area contributed by atoms with Crippen LogP contribution in [0.25, 0.3) is 0 Å². The quantitative estimate of drug-likeness (QED) is 0.605. The fourth-order valence-corrected chi connectivity index (χ4v) is 1.43. The van der Waals surface area contributed by atoms with Crippen molar-refractivity contribution in [3.63, 3.8) is 0 Å². The number of aromatic nitrogens is 4. The highest BCUT2D eigenvalue weighted by Crippen LogP contribution is 2.02. The number of carbonyl (C=O) groups excluding carboxylic acids is 1. The molecule has 7 heteroatoms. The van der Waals surface area contributed by atoms with Crippen LogP contribution >= 0.6 is 0 Å². The van der Waals surface area contributed by atoms with E-state index in [1.165, 1.54) is 0 Å². The van der Waals surface area contributed by atoms with E-state index < -0.39 is 0 Å². The van der Waals surface area contributed by atoms with E-state index in [1.54, 1.807) is 6.07 Å². The minimum Gasteiger partial charge on any atom is -0.367 e. The van der Waals surface area contributed by atoms with Crippen molar-refractivity contribution in [3.8, 4) is 0 Å². The molecule has 0 unspecified atom stereocenters. The molecule has 0 fully saturated rings. The summed E-state index contributed by atoms with van der Waals surface area (Å²) >= 11 is 0. The van der Waals surface area contributed by atoms with Crippen molar-refractivity contribution in [3.05, 3.63) is 29.3 Å². The monoisotopic (exact) mass is 234 g/mol. The van der Waals surface area contributed by atoms with Gasteiger partial charge in [-0.2, -0.15) is 4.98 Å². The topological polar surface area (TPSA) is 112 Å². The number of anilines is 1. The second-order valence-corrected chi connectivity index (χ2v) is 3.57. The molecular formula is C10H14N6O. The van der Waals surface area contributed by atoms with Gasteiger partial charge in [0.2, 0.25) is 5.95 Å². The van der Waals surface area contributed by atoms with Gasteiger partial charge in [0.05, 0.1) is 6.54 Å². The second-order valence-electron chi connectivity index (χ2n) is 3.57. The Morgan fingerprint density at radius 1 is 1.53 bits per heavy atom. The average molecular weight is 234 g/mol. The number of hydrogen-bond acceptors (Lipinski definition) is 4. The van der Waals surface area contributed by atoms with Crippen LogP contribution in [-0.4, -0.2) is 26.1 Å². The van der Waals surface area contributed by atoms with Crippen molar-refractivity contribution in [2.24, 2.45) is 0 Å². The molecule has 0 aliphatic rings. The first kappa shape index (κ1) is 11.2. The van der Waals surface area contributed by atoms with Crippen LogP contribution in [0, 0.1) is 0 Å². The van der Waals surface area contributed by atoms with Crippen molar-refractivity contribution in [2.45, 2.75) is 19.9 Å². The molecule has 0 saturated carbocycles. The number of nitrogen functional groups attached to an aromatic ring is 1. The predicted octanol–water partition coefficient (Wildman–Crippen LogP) is 0.207. The normalized spacial score (nSPS) is 10.4. The van der Waals surface area contributed by atoms with Crippen LogP contribution in [0.1, 0.15) is 28.9 Å². The standard InChI is InChI=1S/C10H14N6O/c1-2-6-3-4-7(13-6)9(17)12-5-8-14-10(11)16-15-8/h3-4,13H,2,5H2,1H3,(H,12,17)(H3,11,14,15,16). The van der Waals surface area contributed by atoms with Crippen LogP contribution in [0.4, 0.5) is 5.95 Å². The number of aromatic amines is 2. The van der Waals surface area contributed by atoms with Crippen LogP contribution in [-0.2, 0) is 13.0 Å². The number of H-pyrrole nitrogens is 2. The van der Waals surface area contributed by atoms with Gasteiger partial charge in [0.15, 0.2) is 0 Å². The molecule has 0 atom stereocenters. The van der Waals surface area contributed by atoms with Crippen LogP contribution in [0.3, 0.4) is 0 Å². The summed E-state index contributed by atoms with van der Waals surface area (Å²) in [4.78, 5) is 18.6. The molecule has 0 aromatic carbocycles. The third-order valence-corrected chi connectivity index (χ3v) is 2.34. The van der Waals surface area contributed by atoms with Gasteiger partial charge in [0, 0.05) is 5.69 Å². The second kappa shape index (κ2) is 4.69. The molecule has 2 rings (SSSR count). The number of aryl methyl sites for hydroxylation is 1. The van der Waals surface area contributed by atoms with E-state index in [2.05, 4.69) is 25.5 Å². The van der Waals surface area contributed by atoms with Crippen molar-refractivity contribution in [1.82, 2.24) is 25.5 Å². The maximum Gasteiger partial charge on any atom is 0.268 e. The summed E-state index contributed by atoms with van der Waals surface area (Å²) in [6.45, 7) is 2.29. The molecule has 0 aliphatic heterocycles. The first-order chi connectivity index (χ1) is 8.19. The van der Waals surface area contributed by atoms with Crippen molar-refractivity contribution >= 4 is 11.9 Å². The summed E-state index contributed by atoms with van der Waals surface area (Å²) in [7, 11) is 0. The van der Waals surface area contributed by atoms with E-state index in [1.807, 2.05) is 13.0 Å².